The molecule has 0 saturated carbocycles. The number of carbonyl (C=O) groups is 3. The molecule has 2 heterocycles. The van der Waals surface area contributed by atoms with Crippen LogP contribution >= 0.6 is 0 Å². The van der Waals surface area contributed by atoms with Gasteiger partial charge in [0.1, 0.15) is 0 Å². The third kappa shape index (κ3) is 10.6. The molecule has 12 heteroatoms. The van der Waals surface area contributed by atoms with Crippen molar-refractivity contribution in [2.75, 3.05) is 27.2 Å². The van der Waals surface area contributed by atoms with Crippen LogP contribution in [0.3, 0.4) is 0 Å². The van der Waals surface area contributed by atoms with Gasteiger partial charge in [-0.2, -0.15) is 5.10 Å². The van der Waals surface area contributed by atoms with Gasteiger partial charge in [0.15, 0.2) is 5.60 Å². The van der Waals surface area contributed by atoms with E-state index in [4.69, 9.17) is 20.4 Å². The number of aromatic nitrogens is 3. The number of carboxylic acid groups (broad SMARTS) is 3. The zero-order valence-corrected chi connectivity index (χ0v) is 20.6. The summed E-state index contributed by atoms with van der Waals surface area (Å²) in [4.78, 5) is 39.4. The second kappa shape index (κ2) is 14.1. The summed E-state index contributed by atoms with van der Waals surface area (Å²) >= 11 is 0. The Morgan fingerprint density at radius 1 is 1.03 bits per heavy atom. The lowest BCUT2D eigenvalue weighted by Gasteiger charge is -2.24. The lowest BCUT2D eigenvalue weighted by atomic mass is 9.96. The molecule has 0 saturated heterocycles. The molecule has 35 heavy (non-hydrogen) atoms. The molecule has 12 nitrogen and oxygen atoms in total. The molecule has 2 aromatic heterocycles. The van der Waals surface area contributed by atoms with Gasteiger partial charge in [0.25, 0.3) is 0 Å². The molecule has 0 radical (unpaired) electrons. The van der Waals surface area contributed by atoms with Crippen LogP contribution in [0.4, 0.5) is 0 Å². The molecule has 0 atom stereocenters. The van der Waals surface area contributed by atoms with Crippen molar-refractivity contribution in [1.29, 1.82) is 0 Å². The summed E-state index contributed by atoms with van der Waals surface area (Å²) in [6.45, 7) is 9.11. The van der Waals surface area contributed by atoms with Gasteiger partial charge in [0, 0.05) is 56.4 Å². The Balaban J connectivity index is 0.000000405. The van der Waals surface area contributed by atoms with E-state index in [1.54, 1.807) is 0 Å². The maximum absolute atomic E-state index is 10.3. The third-order valence-corrected chi connectivity index (χ3v) is 5.18. The van der Waals surface area contributed by atoms with Crippen LogP contribution in [-0.4, -0.2) is 95.7 Å². The van der Waals surface area contributed by atoms with Crippen LogP contribution in [0.2, 0.25) is 0 Å². The number of likely N-dealkylation sites (N-methyl/N-ethyl adjacent to an activating group) is 1. The molecule has 0 fully saturated rings. The predicted octanol–water partition coefficient (Wildman–Crippen LogP) is 0.922. The van der Waals surface area contributed by atoms with Crippen molar-refractivity contribution in [3.05, 3.63) is 47.5 Å². The number of hydrogen-bond acceptors (Lipinski definition) is 8. The van der Waals surface area contributed by atoms with Crippen molar-refractivity contribution in [1.82, 2.24) is 24.6 Å². The largest absolute Gasteiger partial charge is 0.481 e. The van der Waals surface area contributed by atoms with Crippen LogP contribution in [0.1, 0.15) is 36.6 Å². The average molecular weight is 494 g/mol. The molecule has 2 aromatic rings. The van der Waals surface area contributed by atoms with Crippen LogP contribution in [0.25, 0.3) is 0 Å². The van der Waals surface area contributed by atoms with Crippen molar-refractivity contribution >= 4 is 17.9 Å². The zero-order valence-electron chi connectivity index (χ0n) is 20.6. The van der Waals surface area contributed by atoms with Crippen LogP contribution in [0.5, 0.6) is 0 Å². The van der Waals surface area contributed by atoms with Gasteiger partial charge in [-0.1, -0.05) is 6.07 Å². The Bertz CT molecular complexity index is 946. The van der Waals surface area contributed by atoms with Gasteiger partial charge in [-0.25, -0.2) is 4.79 Å². The second-order valence-electron chi connectivity index (χ2n) is 8.42. The van der Waals surface area contributed by atoms with Gasteiger partial charge in [-0.15, -0.1) is 0 Å². The highest BCUT2D eigenvalue weighted by Crippen LogP contribution is 2.16. The number of aliphatic hydroxyl groups is 1. The van der Waals surface area contributed by atoms with E-state index in [0.717, 1.165) is 32.7 Å². The monoisotopic (exact) mass is 493 g/mol. The highest BCUT2D eigenvalue weighted by molar-refractivity contribution is 5.88. The Morgan fingerprint density at radius 3 is 2.09 bits per heavy atom. The summed E-state index contributed by atoms with van der Waals surface area (Å²) in [6.07, 6.45) is 3.49. The average Bonchev–Trinajstić information content (AvgIpc) is 3.11. The maximum Gasteiger partial charge on any atom is 0.336 e. The summed E-state index contributed by atoms with van der Waals surface area (Å²) in [6, 6.07) is 4.14. The number of rotatable bonds is 13. The SMILES string of the molecule is CCn1ncc(CN(CCN(C)C)Cc2cccnc2)c1C.O=C(O)CC(O)(CC(=O)O)C(=O)O. The van der Waals surface area contributed by atoms with Crippen LogP contribution < -0.4 is 0 Å². The number of nitrogens with zero attached hydrogens (tertiary/aromatic N) is 5. The standard InChI is InChI=1S/C17H27N5.C6H8O7/c1-5-22-15(2)17(12-19-22)14-21(10-9-20(3)4)13-16-7-6-8-18-11-16;7-3(8)1-6(13,5(11)12)2-4(9)10/h6-8,11-12H,5,9-10,13-14H2,1-4H3;13H,1-2H2,(H,7,8)(H,9,10)(H,11,12). The molecule has 2 rings (SSSR count). The minimum atomic E-state index is -2.74. The van der Waals surface area contributed by atoms with Gasteiger partial charge >= 0.3 is 17.9 Å². The Hall–Kier alpha value is -3.35. The minimum absolute atomic E-state index is 0.915. The van der Waals surface area contributed by atoms with Gasteiger partial charge < -0.3 is 25.3 Å². The molecular formula is C23H35N5O7. The van der Waals surface area contributed by atoms with Crippen molar-refractivity contribution in [3.63, 3.8) is 0 Å². The van der Waals surface area contributed by atoms with Crippen molar-refractivity contribution in [2.45, 2.75) is 51.9 Å². The fraction of sp³-hybridized carbons (Fsp3) is 0.522. The number of carboxylic acids is 3. The lowest BCUT2D eigenvalue weighted by molar-refractivity contribution is -0.170. The first-order valence-corrected chi connectivity index (χ1v) is 11.0. The summed E-state index contributed by atoms with van der Waals surface area (Å²) in [5.74, 6) is -5.02. The lowest BCUT2D eigenvalue weighted by Crippen LogP contribution is -2.42. The van der Waals surface area contributed by atoms with Gasteiger partial charge in [0.05, 0.1) is 19.0 Å². The molecule has 0 aliphatic carbocycles. The Kier molecular flexibility index (Phi) is 12.0. The van der Waals surface area contributed by atoms with Gasteiger partial charge in [-0.3, -0.25) is 24.2 Å². The highest BCUT2D eigenvalue weighted by Gasteiger charge is 2.40. The molecule has 0 bridgehead atoms. The van der Waals surface area contributed by atoms with E-state index in [9.17, 15) is 14.4 Å². The molecule has 0 unspecified atom stereocenters. The Morgan fingerprint density at radius 2 is 1.66 bits per heavy atom. The van der Waals surface area contributed by atoms with E-state index in [2.05, 4.69) is 58.6 Å². The number of pyridine rings is 1. The first-order valence-electron chi connectivity index (χ1n) is 11.0. The fourth-order valence-electron chi connectivity index (χ4n) is 3.22. The van der Waals surface area contributed by atoms with Crippen molar-refractivity contribution in [2.24, 2.45) is 0 Å². The molecule has 0 amide bonds. The molecule has 0 aliphatic rings. The van der Waals surface area contributed by atoms with Crippen LogP contribution in [0.15, 0.2) is 30.7 Å². The number of aliphatic carboxylic acids is 3. The maximum atomic E-state index is 10.3. The first-order chi connectivity index (χ1) is 16.4. The summed E-state index contributed by atoms with van der Waals surface area (Å²) in [7, 11) is 4.23. The van der Waals surface area contributed by atoms with Gasteiger partial charge in [0.2, 0.25) is 0 Å². The number of hydrogen-bond donors (Lipinski definition) is 4. The van der Waals surface area contributed by atoms with E-state index < -0.39 is 36.4 Å². The first kappa shape index (κ1) is 29.7. The molecule has 4 N–H and O–H groups in total. The van der Waals surface area contributed by atoms with Gasteiger partial charge in [-0.05, 0) is 39.6 Å². The van der Waals surface area contributed by atoms with E-state index in [0.29, 0.717) is 0 Å². The molecule has 0 aliphatic heterocycles. The smallest absolute Gasteiger partial charge is 0.336 e. The van der Waals surface area contributed by atoms with Crippen molar-refractivity contribution in [3.8, 4) is 0 Å². The normalized spacial score (nSPS) is 11.3. The molecule has 0 spiro atoms. The summed E-state index contributed by atoms with van der Waals surface area (Å²) in [5.41, 5.74) is 1.09. The second-order valence-corrected chi connectivity index (χ2v) is 8.42. The van der Waals surface area contributed by atoms with Crippen LogP contribution in [-0.2, 0) is 34.0 Å². The molecule has 194 valence electrons. The van der Waals surface area contributed by atoms with E-state index in [-0.39, 0.29) is 0 Å². The summed E-state index contributed by atoms with van der Waals surface area (Å²) < 4.78 is 2.06. The summed E-state index contributed by atoms with van der Waals surface area (Å²) in [5, 5.41) is 38.3. The number of aryl methyl sites for hydroxylation is 1. The predicted molar refractivity (Wildman–Crippen MR) is 127 cm³/mol. The molecule has 0 aromatic carbocycles. The minimum Gasteiger partial charge on any atom is -0.481 e. The van der Waals surface area contributed by atoms with Crippen LogP contribution in [0, 0.1) is 6.92 Å². The fourth-order valence-corrected chi connectivity index (χ4v) is 3.22. The zero-order chi connectivity index (χ0) is 26.6. The topological polar surface area (TPSA) is 169 Å². The highest BCUT2D eigenvalue weighted by atomic mass is 16.4. The van der Waals surface area contributed by atoms with E-state index in [1.807, 2.05) is 24.7 Å². The quantitative estimate of drug-likeness (QED) is 0.313. The van der Waals surface area contributed by atoms with E-state index >= 15 is 0 Å². The molecular weight excluding hydrogens is 458 g/mol. The third-order valence-electron chi connectivity index (χ3n) is 5.18. The Labute approximate surface area is 204 Å². The van der Waals surface area contributed by atoms with E-state index in [1.165, 1.54) is 16.8 Å². The van der Waals surface area contributed by atoms with Crippen molar-refractivity contribution < 1.29 is 34.8 Å².